The summed E-state index contributed by atoms with van der Waals surface area (Å²) < 4.78 is 0. The first-order valence-electron chi connectivity index (χ1n) is 10.2. The summed E-state index contributed by atoms with van der Waals surface area (Å²) in [7, 11) is 0. The fourth-order valence-corrected chi connectivity index (χ4v) is 4.20. The van der Waals surface area contributed by atoms with Crippen LogP contribution in [0.15, 0.2) is 105 Å². The molecule has 0 bridgehead atoms. The van der Waals surface area contributed by atoms with E-state index in [1.54, 1.807) is 36.5 Å². The summed E-state index contributed by atoms with van der Waals surface area (Å²) >= 11 is 0. The zero-order valence-electron chi connectivity index (χ0n) is 17.6. The molecule has 168 valence electrons. The van der Waals surface area contributed by atoms with Crippen LogP contribution in [-0.2, 0) is 0 Å². The molecule has 0 aliphatic heterocycles. The highest BCUT2D eigenvalue weighted by atomic mass is 16.4. The predicted octanol–water partition coefficient (Wildman–Crippen LogP) is 2.67. The summed E-state index contributed by atoms with van der Waals surface area (Å²) in [5.74, 6) is -1.11. The van der Waals surface area contributed by atoms with Crippen molar-refractivity contribution in [3.05, 3.63) is 107 Å². The molecular formula is C24H24N6O3. The van der Waals surface area contributed by atoms with E-state index in [2.05, 4.69) is 15.5 Å². The van der Waals surface area contributed by atoms with Gasteiger partial charge in [0.05, 0.1) is 17.1 Å². The number of hydrogen-bond donors (Lipinski definition) is 6. The number of allylic oxidation sites excluding steroid dienone is 9. The van der Waals surface area contributed by atoms with Crippen molar-refractivity contribution in [3.63, 3.8) is 0 Å². The molecule has 0 heterocycles. The van der Waals surface area contributed by atoms with Crippen molar-refractivity contribution >= 4 is 17.1 Å². The molecule has 1 aromatic rings. The molecule has 0 saturated carbocycles. The van der Waals surface area contributed by atoms with Gasteiger partial charge in [-0.05, 0) is 53.1 Å². The first-order valence-corrected chi connectivity index (χ1v) is 10.2. The normalized spacial score (nSPS) is 28.2. The van der Waals surface area contributed by atoms with Crippen molar-refractivity contribution in [1.29, 1.82) is 0 Å². The molecule has 3 aliphatic carbocycles. The molecular weight excluding hydrogens is 420 g/mol. The van der Waals surface area contributed by atoms with E-state index in [1.165, 1.54) is 0 Å². The van der Waals surface area contributed by atoms with Gasteiger partial charge in [-0.15, -0.1) is 0 Å². The van der Waals surface area contributed by atoms with Crippen LogP contribution < -0.4 is 17.2 Å². The Morgan fingerprint density at radius 2 is 0.788 bits per heavy atom. The highest BCUT2D eigenvalue weighted by Crippen LogP contribution is 2.35. The summed E-state index contributed by atoms with van der Waals surface area (Å²) in [5.41, 5.74) is 22.7. The molecule has 3 aliphatic rings. The van der Waals surface area contributed by atoms with Crippen molar-refractivity contribution in [2.75, 3.05) is 0 Å². The van der Waals surface area contributed by atoms with Crippen LogP contribution in [0.3, 0.4) is 0 Å². The maximum atomic E-state index is 9.58. The molecule has 9 nitrogen and oxygen atoms in total. The minimum absolute atomic E-state index is 0.369. The van der Waals surface area contributed by atoms with Crippen LogP contribution in [0.1, 0.15) is 34.4 Å². The number of nitrogens with two attached hydrogens (primary N) is 3. The van der Waals surface area contributed by atoms with Gasteiger partial charge in [-0.1, -0.05) is 51.9 Å². The Hall–Kier alpha value is -4.53. The highest BCUT2D eigenvalue weighted by molar-refractivity contribution is 6.05. The summed E-state index contributed by atoms with van der Waals surface area (Å²) in [5, 5.41) is 39.0. The molecule has 0 saturated heterocycles. The smallest absolute Gasteiger partial charge is 0.0928 e. The van der Waals surface area contributed by atoms with E-state index in [4.69, 9.17) is 17.2 Å². The van der Waals surface area contributed by atoms with E-state index in [1.807, 2.05) is 36.4 Å². The van der Waals surface area contributed by atoms with Crippen LogP contribution in [0.5, 0.6) is 0 Å². The molecule has 0 fully saturated rings. The monoisotopic (exact) mass is 444 g/mol. The molecule has 4 rings (SSSR count). The van der Waals surface area contributed by atoms with Gasteiger partial charge in [-0.2, -0.15) is 0 Å². The van der Waals surface area contributed by atoms with Crippen molar-refractivity contribution in [2.45, 2.75) is 17.8 Å². The quantitative estimate of drug-likeness (QED) is 0.308. The third-order valence-corrected chi connectivity index (χ3v) is 5.77. The molecule has 3 unspecified atom stereocenters. The second-order valence-electron chi connectivity index (χ2n) is 7.95. The molecule has 0 aromatic heterocycles. The topological polar surface area (TPSA) is 176 Å². The van der Waals surface area contributed by atoms with Gasteiger partial charge in [-0.3, -0.25) is 0 Å². The van der Waals surface area contributed by atoms with Crippen LogP contribution in [0.2, 0.25) is 0 Å². The van der Waals surface area contributed by atoms with E-state index in [-0.39, 0.29) is 17.8 Å². The molecule has 9 heteroatoms. The molecule has 0 amide bonds. The Balaban J connectivity index is 1.87. The first kappa shape index (κ1) is 21.7. The average Bonchev–Trinajstić information content (AvgIpc) is 2.83. The molecule has 1 aromatic carbocycles. The molecule has 33 heavy (non-hydrogen) atoms. The minimum Gasteiger partial charge on any atom is -0.411 e. The number of nitrogens with zero attached hydrogens (tertiary/aromatic N) is 3. The van der Waals surface area contributed by atoms with E-state index >= 15 is 0 Å². The molecule has 3 atom stereocenters. The van der Waals surface area contributed by atoms with Gasteiger partial charge in [0.1, 0.15) is 0 Å². The largest absolute Gasteiger partial charge is 0.411 e. The average molecular weight is 444 g/mol. The Morgan fingerprint density at radius 3 is 1.03 bits per heavy atom. The van der Waals surface area contributed by atoms with Gasteiger partial charge < -0.3 is 32.8 Å². The Bertz CT molecular complexity index is 1080. The van der Waals surface area contributed by atoms with Gasteiger partial charge in [0, 0.05) is 34.8 Å². The van der Waals surface area contributed by atoms with E-state index in [0.717, 1.165) is 16.7 Å². The van der Waals surface area contributed by atoms with Gasteiger partial charge in [0.25, 0.3) is 0 Å². The van der Waals surface area contributed by atoms with Gasteiger partial charge in [-0.25, -0.2) is 0 Å². The molecule has 9 N–H and O–H groups in total. The number of rotatable bonds is 3. The molecule has 0 spiro atoms. The fraction of sp³-hybridized carbons (Fsp3) is 0.125. The maximum Gasteiger partial charge on any atom is 0.0928 e. The summed E-state index contributed by atoms with van der Waals surface area (Å²) in [6.07, 6.45) is 15.6. The predicted molar refractivity (Wildman–Crippen MR) is 127 cm³/mol. The Labute approximate surface area is 190 Å². The van der Waals surface area contributed by atoms with E-state index < -0.39 is 0 Å². The first-order chi connectivity index (χ1) is 15.9. The van der Waals surface area contributed by atoms with Crippen molar-refractivity contribution in [2.24, 2.45) is 32.7 Å². The number of oxime groups is 3. The van der Waals surface area contributed by atoms with Crippen molar-refractivity contribution in [1.82, 2.24) is 0 Å². The van der Waals surface area contributed by atoms with Crippen molar-refractivity contribution in [3.8, 4) is 0 Å². The van der Waals surface area contributed by atoms with Gasteiger partial charge in [0.2, 0.25) is 0 Å². The highest BCUT2D eigenvalue weighted by Gasteiger charge is 2.26. The van der Waals surface area contributed by atoms with Crippen LogP contribution >= 0.6 is 0 Å². The Kier molecular flexibility index (Phi) is 5.86. The Morgan fingerprint density at radius 1 is 0.515 bits per heavy atom. The van der Waals surface area contributed by atoms with Crippen LogP contribution in [0.25, 0.3) is 0 Å². The summed E-state index contributed by atoms with van der Waals surface area (Å²) in [6.45, 7) is 0. The zero-order valence-corrected chi connectivity index (χ0v) is 17.6. The van der Waals surface area contributed by atoms with E-state index in [9.17, 15) is 15.6 Å². The zero-order chi connectivity index (χ0) is 23.5. The number of hydrogen-bond acceptors (Lipinski definition) is 9. The number of benzene rings is 1. The van der Waals surface area contributed by atoms with Gasteiger partial charge in [0.15, 0.2) is 0 Å². The van der Waals surface area contributed by atoms with Crippen LogP contribution in [0, 0.1) is 0 Å². The SMILES string of the molecule is NC1=CC(=NO)C(c2cc(C3C=CC(N)=CC3=NO)cc(C3C=CC(N)=CC3=NO)c2)C=C1. The standard InChI is InChI=1S/C24H24N6O3/c25-16-1-4-19(22(10-16)28-31)13-7-14(20-5-2-17(26)11-23(20)29-32)9-15(8-13)21-6-3-18(27)12-24(21)30-33/h1-12,19-21,31-33H,25-27H2. The second-order valence-corrected chi connectivity index (χ2v) is 7.95. The van der Waals surface area contributed by atoms with Crippen LogP contribution in [0.4, 0.5) is 0 Å². The van der Waals surface area contributed by atoms with Crippen LogP contribution in [-0.4, -0.2) is 32.8 Å². The lowest BCUT2D eigenvalue weighted by Crippen LogP contribution is -2.20. The second kappa shape index (κ2) is 8.91. The summed E-state index contributed by atoms with van der Waals surface area (Å²) in [6, 6.07) is 5.84. The fourth-order valence-electron chi connectivity index (χ4n) is 4.20. The van der Waals surface area contributed by atoms with Gasteiger partial charge >= 0.3 is 0 Å². The lowest BCUT2D eigenvalue weighted by molar-refractivity contribution is 0.318. The lowest BCUT2D eigenvalue weighted by atomic mass is 9.80. The third kappa shape index (κ3) is 4.29. The van der Waals surface area contributed by atoms with Crippen molar-refractivity contribution < 1.29 is 15.6 Å². The maximum absolute atomic E-state index is 9.58. The minimum atomic E-state index is -0.369. The summed E-state index contributed by atoms with van der Waals surface area (Å²) in [4.78, 5) is 0. The molecule has 0 radical (unpaired) electrons. The lowest BCUT2D eigenvalue weighted by Gasteiger charge is -2.24. The third-order valence-electron chi connectivity index (χ3n) is 5.77. The van der Waals surface area contributed by atoms with E-state index in [0.29, 0.717) is 34.2 Å².